The third-order valence-electron chi connectivity index (χ3n) is 6.88. The highest BCUT2D eigenvalue weighted by Crippen LogP contribution is 2.30. The van der Waals surface area contributed by atoms with Crippen molar-refractivity contribution in [1.82, 2.24) is 20.3 Å². The number of nitrogens with zero attached hydrogens (tertiary/aromatic N) is 2. The van der Waals surface area contributed by atoms with Gasteiger partial charge in [0.2, 0.25) is 0 Å². The molecular formula is C28H29N5O2. The van der Waals surface area contributed by atoms with Crippen LogP contribution < -0.4 is 10.6 Å². The Kier molecular flexibility index (Phi) is 6.57. The molecule has 0 unspecified atom stereocenters. The van der Waals surface area contributed by atoms with Crippen molar-refractivity contribution in [2.24, 2.45) is 5.92 Å². The number of aromatic nitrogens is 3. The molecule has 1 saturated carbocycles. The van der Waals surface area contributed by atoms with E-state index in [0.29, 0.717) is 40.6 Å². The van der Waals surface area contributed by atoms with Crippen molar-refractivity contribution < 1.29 is 9.59 Å². The predicted octanol–water partition coefficient (Wildman–Crippen LogP) is 4.90. The number of ketones is 1. The van der Waals surface area contributed by atoms with Gasteiger partial charge >= 0.3 is 0 Å². The normalized spacial score (nSPS) is 17.7. The first-order valence-electron chi connectivity index (χ1n) is 12.1. The molecule has 0 spiro atoms. The summed E-state index contributed by atoms with van der Waals surface area (Å²) in [5.74, 6) is 1.09. The van der Waals surface area contributed by atoms with Crippen molar-refractivity contribution in [2.75, 3.05) is 11.9 Å². The first kappa shape index (κ1) is 22.8. The number of benzene rings is 2. The quantitative estimate of drug-likeness (QED) is 0.336. The summed E-state index contributed by atoms with van der Waals surface area (Å²) in [5.41, 5.74) is 3.54. The van der Waals surface area contributed by atoms with Crippen molar-refractivity contribution in [3.8, 4) is 0 Å². The lowest BCUT2D eigenvalue weighted by atomic mass is 9.86. The van der Waals surface area contributed by atoms with Crippen LogP contribution in [0.15, 0.2) is 67.1 Å². The minimum absolute atomic E-state index is 0.0208. The molecule has 1 fully saturated rings. The van der Waals surface area contributed by atoms with Gasteiger partial charge in [0.25, 0.3) is 5.91 Å². The van der Waals surface area contributed by atoms with Gasteiger partial charge in [-0.15, -0.1) is 0 Å². The van der Waals surface area contributed by atoms with Crippen LogP contribution in [0.3, 0.4) is 0 Å². The van der Waals surface area contributed by atoms with Crippen molar-refractivity contribution in [3.05, 3.63) is 89.4 Å². The Bertz CT molecular complexity index is 1340. The highest BCUT2D eigenvalue weighted by molar-refractivity contribution is 6.18. The average Bonchev–Trinajstić information content (AvgIpc) is 3.34. The predicted molar refractivity (Wildman–Crippen MR) is 137 cm³/mol. The first-order chi connectivity index (χ1) is 17.1. The van der Waals surface area contributed by atoms with Crippen LogP contribution in [-0.2, 0) is 0 Å². The highest BCUT2D eigenvalue weighted by atomic mass is 16.1. The molecule has 5 rings (SSSR count). The second-order valence-electron chi connectivity index (χ2n) is 9.23. The lowest BCUT2D eigenvalue weighted by Crippen LogP contribution is -2.34. The minimum Gasteiger partial charge on any atom is -0.367 e. The molecule has 3 N–H and O–H groups in total. The van der Waals surface area contributed by atoms with Gasteiger partial charge < -0.3 is 15.6 Å². The zero-order valence-corrected chi connectivity index (χ0v) is 19.8. The summed E-state index contributed by atoms with van der Waals surface area (Å²) in [6.07, 6.45) is 7.23. The van der Waals surface area contributed by atoms with Crippen LogP contribution in [0.1, 0.15) is 57.5 Å². The van der Waals surface area contributed by atoms with E-state index in [1.165, 1.54) is 6.33 Å². The van der Waals surface area contributed by atoms with E-state index in [9.17, 15) is 9.59 Å². The fourth-order valence-electron chi connectivity index (χ4n) is 4.86. The minimum atomic E-state index is -0.0370. The van der Waals surface area contributed by atoms with E-state index in [-0.39, 0.29) is 17.7 Å². The van der Waals surface area contributed by atoms with E-state index >= 15 is 0 Å². The lowest BCUT2D eigenvalue weighted by Gasteiger charge is -2.29. The summed E-state index contributed by atoms with van der Waals surface area (Å²) in [7, 11) is 0. The Balaban J connectivity index is 1.24. The molecule has 35 heavy (non-hydrogen) atoms. The SMILES string of the molecule is Cc1ccccc1C(=O)c1c[nH]c2ncnc(NC3CCC(CNC(=O)c4ccccc4)CC3)c12. The molecule has 0 aliphatic heterocycles. The second-order valence-corrected chi connectivity index (χ2v) is 9.23. The van der Waals surface area contributed by atoms with E-state index in [0.717, 1.165) is 36.6 Å². The van der Waals surface area contributed by atoms with E-state index < -0.39 is 0 Å². The summed E-state index contributed by atoms with van der Waals surface area (Å²) in [6, 6.07) is 17.2. The molecule has 2 aromatic heterocycles. The number of anilines is 1. The summed E-state index contributed by atoms with van der Waals surface area (Å²) in [6.45, 7) is 2.63. The van der Waals surface area contributed by atoms with Crippen LogP contribution in [0.5, 0.6) is 0 Å². The van der Waals surface area contributed by atoms with Gasteiger partial charge in [-0.1, -0.05) is 42.5 Å². The number of fused-ring (bicyclic) bond motifs is 1. The summed E-state index contributed by atoms with van der Waals surface area (Å²) in [4.78, 5) is 37.6. The van der Waals surface area contributed by atoms with E-state index in [1.54, 1.807) is 6.20 Å². The zero-order chi connectivity index (χ0) is 24.2. The number of H-pyrrole nitrogens is 1. The fraction of sp³-hybridized carbons (Fsp3) is 0.286. The van der Waals surface area contributed by atoms with Crippen LogP contribution in [0.4, 0.5) is 5.82 Å². The molecule has 7 heteroatoms. The maximum absolute atomic E-state index is 13.3. The van der Waals surface area contributed by atoms with E-state index in [4.69, 9.17) is 0 Å². The average molecular weight is 468 g/mol. The zero-order valence-electron chi connectivity index (χ0n) is 19.8. The maximum Gasteiger partial charge on any atom is 0.251 e. The molecule has 4 aromatic rings. The molecule has 0 radical (unpaired) electrons. The van der Waals surface area contributed by atoms with Gasteiger partial charge in [-0.2, -0.15) is 0 Å². The molecule has 0 saturated heterocycles. The monoisotopic (exact) mass is 467 g/mol. The number of rotatable bonds is 7. The van der Waals surface area contributed by atoms with Gasteiger partial charge in [0.15, 0.2) is 5.78 Å². The Morgan fingerprint density at radius 1 is 0.943 bits per heavy atom. The number of carbonyl (C=O) groups excluding carboxylic acids is 2. The fourth-order valence-corrected chi connectivity index (χ4v) is 4.86. The molecule has 2 heterocycles. The summed E-state index contributed by atoms with van der Waals surface area (Å²) < 4.78 is 0. The number of hydrogen-bond donors (Lipinski definition) is 3. The molecule has 7 nitrogen and oxygen atoms in total. The summed E-state index contributed by atoms with van der Waals surface area (Å²) in [5, 5.41) is 7.38. The molecule has 1 amide bonds. The number of nitrogens with one attached hydrogen (secondary N) is 3. The van der Waals surface area contributed by atoms with Crippen LogP contribution in [0.2, 0.25) is 0 Å². The van der Waals surface area contributed by atoms with Crippen LogP contribution in [0.25, 0.3) is 11.0 Å². The third-order valence-corrected chi connectivity index (χ3v) is 6.88. The second kappa shape index (κ2) is 10.1. The number of aryl methyl sites for hydroxylation is 1. The Morgan fingerprint density at radius 3 is 2.46 bits per heavy atom. The topological polar surface area (TPSA) is 99.8 Å². The van der Waals surface area contributed by atoms with Crippen molar-refractivity contribution >= 4 is 28.5 Å². The van der Waals surface area contributed by atoms with Gasteiger partial charge in [-0.3, -0.25) is 9.59 Å². The Morgan fingerprint density at radius 2 is 1.69 bits per heavy atom. The molecule has 0 bridgehead atoms. The smallest absolute Gasteiger partial charge is 0.251 e. The lowest BCUT2D eigenvalue weighted by molar-refractivity contribution is 0.0942. The van der Waals surface area contributed by atoms with Gasteiger partial charge in [0, 0.05) is 29.9 Å². The van der Waals surface area contributed by atoms with Crippen molar-refractivity contribution in [1.29, 1.82) is 0 Å². The number of hydrogen-bond acceptors (Lipinski definition) is 5. The Hall–Kier alpha value is -4.00. The van der Waals surface area contributed by atoms with Gasteiger partial charge in [0.05, 0.1) is 10.9 Å². The molecule has 178 valence electrons. The van der Waals surface area contributed by atoms with E-state index in [1.807, 2.05) is 61.5 Å². The highest BCUT2D eigenvalue weighted by Gasteiger charge is 2.25. The van der Waals surface area contributed by atoms with Crippen LogP contribution in [0, 0.1) is 12.8 Å². The number of amides is 1. The van der Waals surface area contributed by atoms with Gasteiger partial charge in [-0.05, 0) is 56.2 Å². The maximum atomic E-state index is 13.3. The third kappa shape index (κ3) is 4.94. The van der Waals surface area contributed by atoms with Crippen LogP contribution in [-0.4, -0.2) is 39.2 Å². The van der Waals surface area contributed by atoms with Crippen molar-refractivity contribution in [3.63, 3.8) is 0 Å². The molecule has 1 aliphatic rings. The molecule has 1 aliphatic carbocycles. The first-order valence-corrected chi connectivity index (χ1v) is 12.1. The van der Waals surface area contributed by atoms with E-state index in [2.05, 4.69) is 25.6 Å². The van der Waals surface area contributed by atoms with Crippen LogP contribution >= 0.6 is 0 Å². The standard InChI is InChI=1S/C28H29N5O2/c1-18-7-5-6-10-22(18)25(34)23-16-29-26-24(23)27(32-17-31-26)33-21-13-11-19(12-14-21)15-30-28(35)20-8-3-2-4-9-20/h2-10,16-17,19,21H,11-15H2,1H3,(H,30,35)(H2,29,31,32,33). The van der Waals surface area contributed by atoms with Gasteiger partial charge in [0.1, 0.15) is 17.8 Å². The molecular weight excluding hydrogens is 438 g/mol. The Labute approximate surface area is 204 Å². The van der Waals surface area contributed by atoms with Crippen molar-refractivity contribution in [2.45, 2.75) is 38.6 Å². The molecule has 2 aromatic carbocycles. The summed E-state index contributed by atoms with van der Waals surface area (Å²) >= 11 is 0. The molecule has 0 atom stereocenters. The number of aromatic amines is 1. The number of carbonyl (C=O) groups is 2. The largest absolute Gasteiger partial charge is 0.367 e. The van der Waals surface area contributed by atoms with Gasteiger partial charge in [-0.25, -0.2) is 9.97 Å².